The van der Waals surface area contributed by atoms with E-state index in [9.17, 15) is 9.59 Å². The molecule has 1 unspecified atom stereocenters. The molecule has 0 spiro atoms. The van der Waals surface area contributed by atoms with E-state index in [-0.39, 0.29) is 18.9 Å². The maximum atomic E-state index is 12.2. The largest absolute Gasteiger partial charge is 0.485 e. The van der Waals surface area contributed by atoms with Crippen molar-refractivity contribution in [3.8, 4) is 22.8 Å². The van der Waals surface area contributed by atoms with Crippen molar-refractivity contribution in [2.24, 2.45) is 0 Å². The quantitative estimate of drug-likeness (QED) is 0.609. The SMILES string of the molecule is O=C(CCCc1ncc(-c2ccccc2)o1)NNC(=O)C1COc2ccccc2O1. The molecular formula is C22H21N3O5. The lowest BCUT2D eigenvalue weighted by Gasteiger charge is -2.25. The molecule has 0 radical (unpaired) electrons. The highest BCUT2D eigenvalue weighted by molar-refractivity contribution is 5.85. The van der Waals surface area contributed by atoms with Gasteiger partial charge in [-0.2, -0.15) is 0 Å². The van der Waals surface area contributed by atoms with Gasteiger partial charge in [-0.1, -0.05) is 42.5 Å². The van der Waals surface area contributed by atoms with Crippen LogP contribution in [0.1, 0.15) is 18.7 Å². The first kappa shape index (κ1) is 19.5. The second kappa shape index (κ2) is 9.13. The number of carbonyl (C=O) groups is 2. The molecule has 0 saturated heterocycles. The van der Waals surface area contributed by atoms with Crippen LogP contribution in [0.2, 0.25) is 0 Å². The predicted molar refractivity (Wildman–Crippen MR) is 108 cm³/mol. The number of nitrogens with zero attached hydrogens (tertiary/aromatic N) is 1. The third kappa shape index (κ3) is 4.78. The van der Waals surface area contributed by atoms with Crippen molar-refractivity contribution >= 4 is 11.8 Å². The molecule has 2 amide bonds. The van der Waals surface area contributed by atoms with E-state index in [0.717, 1.165) is 5.56 Å². The summed E-state index contributed by atoms with van der Waals surface area (Å²) < 4.78 is 16.8. The highest BCUT2D eigenvalue weighted by atomic mass is 16.6. The normalized spacial score (nSPS) is 14.7. The standard InChI is InChI=1S/C22H21N3O5/c26-20(11-6-12-21-23-13-18(30-21)15-7-2-1-3-8-15)24-25-22(27)19-14-28-16-9-4-5-10-17(16)29-19/h1-5,7-10,13,19H,6,11-12,14H2,(H,24,26)(H,25,27). The van der Waals surface area contributed by atoms with Crippen molar-refractivity contribution in [1.82, 2.24) is 15.8 Å². The second-order valence-corrected chi connectivity index (χ2v) is 6.74. The number of rotatable bonds is 6. The van der Waals surface area contributed by atoms with Gasteiger partial charge in [0.05, 0.1) is 6.20 Å². The van der Waals surface area contributed by atoms with Crippen molar-refractivity contribution in [3.05, 3.63) is 66.7 Å². The van der Waals surface area contributed by atoms with Crippen LogP contribution in [0.25, 0.3) is 11.3 Å². The average molecular weight is 407 g/mol. The molecule has 1 aliphatic heterocycles. The van der Waals surface area contributed by atoms with Gasteiger partial charge in [-0.3, -0.25) is 20.4 Å². The Morgan fingerprint density at radius 3 is 2.60 bits per heavy atom. The Bertz CT molecular complexity index is 1020. The minimum Gasteiger partial charge on any atom is -0.485 e. The van der Waals surface area contributed by atoms with Crippen LogP contribution in [0.3, 0.4) is 0 Å². The molecular weight excluding hydrogens is 386 g/mol. The summed E-state index contributed by atoms with van der Waals surface area (Å²) in [6, 6.07) is 16.8. The van der Waals surface area contributed by atoms with Crippen LogP contribution in [0.4, 0.5) is 0 Å². The first-order valence-corrected chi connectivity index (χ1v) is 9.66. The summed E-state index contributed by atoms with van der Waals surface area (Å²) in [6.07, 6.45) is 2.12. The van der Waals surface area contributed by atoms with Crippen LogP contribution >= 0.6 is 0 Å². The summed E-state index contributed by atoms with van der Waals surface area (Å²) >= 11 is 0. The van der Waals surface area contributed by atoms with Crippen LogP contribution in [0, 0.1) is 0 Å². The van der Waals surface area contributed by atoms with Gasteiger partial charge in [-0.15, -0.1) is 0 Å². The number of carbonyl (C=O) groups excluding carboxylic acids is 2. The number of aryl methyl sites for hydroxylation is 1. The molecule has 3 aromatic rings. The van der Waals surface area contributed by atoms with Gasteiger partial charge in [0.25, 0.3) is 5.91 Å². The van der Waals surface area contributed by atoms with E-state index in [2.05, 4.69) is 15.8 Å². The molecule has 0 bridgehead atoms. The van der Waals surface area contributed by atoms with Crippen LogP contribution in [-0.4, -0.2) is 29.5 Å². The molecule has 0 saturated carbocycles. The number of amides is 2. The third-order valence-corrected chi connectivity index (χ3v) is 4.53. The summed E-state index contributed by atoms with van der Waals surface area (Å²) in [6.45, 7) is 0.0760. The fourth-order valence-electron chi connectivity index (χ4n) is 2.98. The number of ether oxygens (including phenoxy) is 2. The molecule has 4 rings (SSSR count). The number of hydrogen-bond donors (Lipinski definition) is 2. The number of benzene rings is 2. The zero-order valence-corrected chi connectivity index (χ0v) is 16.2. The first-order valence-electron chi connectivity index (χ1n) is 9.66. The van der Waals surface area contributed by atoms with E-state index < -0.39 is 12.0 Å². The van der Waals surface area contributed by atoms with E-state index in [1.807, 2.05) is 36.4 Å². The van der Waals surface area contributed by atoms with Crippen LogP contribution in [0.15, 0.2) is 65.2 Å². The number of aromatic nitrogens is 1. The maximum Gasteiger partial charge on any atom is 0.283 e. The maximum absolute atomic E-state index is 12.2. The lowest BCUT2D eigenvalue weighted by atomic mass is 10.2. The summed E-state index contributed by atoms with van der Waals surface area (Å²) in [5.41, 5.74) is 5.72. The fraction of sp³-hybridized carbons (Fsp3) is 0.227. The molecule has 1 atom stereocenters. The highest BCUT2D eigenvalue weighted by Gasteiger charge is 2.27. The summed E-state index contributed by atoms with van der Waals surface area (Å²) in [5.74, 6) is 1.56. The zero-order valence-electron chi connectivity index (χ0n) is 16.2. The minimum atomic E-state index is -0.830. The lowest BCUT2D eigenvalue weighted by Crippen LogP contribution is -2.50. The minimum absolute atomic E-state index is 0.0760. The molecule has 2 N–H and O–H groups in total. The molecule has 2 aromatic carbocycles. The zero-order chi connectivity index (χ0) is 20.8. The Morgan fingerprint density at radius 2 is 1.77 bits per heavy atom. The summed E-state index contributed by atoms with van der Waals surface area (Å²) in [4.78, 5) is 28.4. The van der Waals surface area contributed by atoms with Gasteiger partial charge in [0.2, 0.25) is 12.0 Å². The summed E-state index contributed by atoms with van der Waals surface area (Å²) in [5, 5.41) is 0. The molecule has 1 aliphatic rings. The number of para-hydroxylation sites is 2. The van der Waals surface area contributed by atoms with Crippen molar-refractivity contribution in [1.29, 1.82) is 0 Å². The molecule has 2 heterocycles. The van der Waals surface area contributed by atoms with E-state index in [1.54, 1.807) is 24.4 Å². The molecule has 1 aromatic heterocycles. The number of hydrazine groups is 1. The van der Waals surface area contributed by atoms with Crippen molar-refractivity contribution < 1.29 is 23.5 Å². The monoisotopic (exact) mass is 407 g/mol. The Kier molecular flexibility index (Phi) is 5.93. The van der Waals surface area contributed by atoms with Crippen molar-refractivity contribution in [2.45, 2.75) is 25.4 Å². The molecule has 30 heavy (non-hydrogen) atoms. The topological polar surface area (TPSA) is 103 Å². The smallest absolute Gasteiger partial charge is 0.283 e. The van der Waals surface area contributed by atoms with Crippen LogP contribution in [-0.2, 0) is 16.0 Å². The Labute approximate surface area is 173 Å². The van der Waals surface area contributed by atoms with E-state index >= 15 is 0 Å². The number of oxazole rings is 1. The van der Waals surface area contributed by atoms with Crippen LogP contribution in [0.5, 0.6) is 11.5 Å². The third-order valence-electron chi connectivity index (χ3n) is 4.53. The first-order chi connectivity index (χ1) is 14.7. The van der Waals surface area contributed by atoms with E-state index in [1.165, 1.54) is 0 Å². The van der Waals surface area contributed by atoms with Gasteiger partial charge in [0, 0.05) is 18.4 Å². The number of hydrogen-bond acceptors (Lipinski definition) is 6. The van der Waals surface area contributed by atoms with Crippen LogP contribution < -0.4 is 20.3 Å². The van der Waals surface area contributed by atoms with Gasteiger partial charge in [0.1, 0.15) is 6.61 Å². The molecule has 154 valence electrons. The average Bonchev–Trinajstić information content (AvgIpc) is 3.26. The second-order valence-electron chi connectivity index (χ2n) is 6.74. The number of fused-ring (bicyclic) bond motifs is 1. The molecule has 8 nitrogen and oxygen atoms in total. The molecule has 8 heteroatoms. The Hall–Kier alpha value is -3.81. The Balaban J connectivity index is 1.18. The lowest BCUT2D eigenvalue weighted by molar-refractivity contribution is -0.135. The van der Waals surface area contributed by atoms with Gasteiger partial charge in [-0.25, -0.2) is 4.98 Å². The van der Waals surface area contributed by atoms with E-state index in [0.29, 0.717) is 36.0 Å². The van der Waals surface area contributed by atoms with Crippen molar-refractivity contribution in [2.75, 3.05) is 6.61 Å². The van der Waals surface area contributed by atoms with Gasteiger partial charge in [-0.05, 0) is 18.6 Å². The number of nitrogens with one attached hydrogen (secondary N) is 2. The Morgan fingerprint density at radius 1 is 1.00 bits per heavy atom. The molecule has 0 fully saturated rings. The van der Waals surface area contributed by atoms with Crippen molar-refractivity contribution in [3.63, 3.8) is 0 Å². The predicted octanol–water partition coefficient (Wildman–Crippen LogP) is 2.65. The van der Waals surface area contributed by atoms with Gasteiger partial charge >= 0.3 is 0 Å². The van der Waals surface area contributed by atoms with E-state index in [4.69, 9.17) is 13.9 Å². The molecule has 0 aliphatic carbocycles. The van der Waals surface area contributed by atoms with Gasteiger partial charge < -0.3 is 13.9 Å². The fourth-order valence-corrected chi connectivity index (χ4v) is 2.98. The summed E-state index contributed by atoms with van der Waals surface area (Å²) in [7, 11) is 0. The van der Waals surface area contributed by atoms with Gasteiger partial charge in [0.15, 0.2) is 23.1 Å². The highest BCUT2D eigenvalue weighted by Crippen LogP contribution is 2.30.